The number of hydrogen-bond donors (Lipinski definition) is 0. The van der Waals surface area contributed by atoms with E-state index in [9.17, 15) is 9.18 Å². The molecular formula is C20H23FN2O3. The van der Waals surface area contributed by atoms with Gasteiger partial charge in [-0.25, -0.2) is 4.39 Å². The second kappa shape index (κ2) is 8.56. The van der Waals surface area contributed by atoms with Gasteiger partial charge in [-0.2, -0.15) is 0 Å². The minimum Gasteiger partial charge on any atom is -0.494 e. The Balaban J connectivity index is 1.47. The molecule has 0 saturated carbocycles. The molecule has 0 N–H and O–H groups in total. The van der Waals surface area contributed by atoms with Crippen LogP contribution in [0.5, 0.6) is 11.5 Å². The van der Waals surface area contributed by atoms with Crippen LogP contribution in [-0.2, 0) is 4.79 Å². The maximum Gasteiger partial charge on any atom is 0.260 e. The molecule has 0 spiro atoms. The van der Waals surface area contributed by atoms with Crippen molar-refractivity contribution in [1.82, 2.24) is 4.90 Å². The summed E-state index contributed by atoms with van der Waals surface area (Å²) in [5.41, 5.74) is 0.588. The zero-order valence-corrected chi connectivity index (χ0v) is 14.9. The lowest BCUT2D eigenvalue weighted by molar-refractivity contribution is -0.133. The minimum absolute atomic E-state index is 0.00627. The largest absolute Gasteiger partial charge is 0.494 e. The first-order valence-corrected chi connectivity index (χ1v) is 8.80. The summed E-state index contributed by atoms with van der Waals surface area (Å²) in [6.45, 7) is 4.85. The number of para-hydroxylation sites is 1. The van der Waals surface area contributed by atoms with Crippen LogP contribution in [0.1, 0.15) is 6.92 Å². The van der Waals surface area contributed by atoms with Crippen LogP contribution >= 0.6 is 0 Å². The number of piperazine rings is 1. The number of hydrogen-bond acceptors (Lipinski definition) is 4. The highest BCUT2D eigenvalue weighted by atomic mass is 19.1. The summed E-state index contributed by atoms with van der Waals surface area (Å²) in [5.74, 6) is 1.11. The Labute approximate surface area is 152 Å². The highest BCUT2D eigenvalue weighted by Gasteiger charge is 2.22. The number of nitrogens with zero attached hydrogens (tertiary/aromatic N) is 2. The van der Waals surface area contributed by atoms with Gasteiger partial charge < -0.3 is 19.3 Å². The van der Waals surface area contributed by atoms with E-state index >= 15 is 0 Å². The van der Waals surface area contributed by atoms with E-state index in [0.717, 1.165) is 5.75 Å². The lowest BCUT2D eigenvalue weighted by Crippen LogP contribution is -2.50. The van der Waals surface area contributed by atoms with Gasteiger partial charge in [-0.05, 0) is 43.3 Å². The van der Waals surface area contributed by atoms with Crippen LogP contribution in [0.4, 0.5) is 10.1 Å². The van der Waals surface area contributed by atoms with E-state index < -0.39 is 0 Å². The fourth-order valence-corrected chi connectivity index (χ4v) is 2.94. The van der Waals surface area contributed by atoms with E-state index in [-0.39, 0.29) is 18.3 Å². The molecule has 138 valence electrons. The van der Waals surface area contributed by atoms with E-state index in [0.29, 0.717) is 44.2 Å². The van der Waals surface area contributed by atoms with Crippen LogP contribution in [0, 0.1) is 5.82 Å². The fraction of sp³-hybridized carbons (Fsp3) is 0.350. The van der Waals surface area contributed by atoms with Crippen LogP contribution < -0.4 is 14.4 Å². The third-order valence-corrected chi connectivity index (χ3v) is 4.32. The van der Waals surface area contributed by atoms with Crippen molar-refractivity contribution in [1.29, 1.82) is 0 Å². The number of halogens is 1. The van der Waals surface area contributed by atoms with Crippen LogP contribution in [0.25, 0.3) is 0 Å². The van der Waals surface area contributed by atoms with Crippen LogP contribution in [0.3, 0.4) is 0 Å². The Morgan fingerprint density at radius 1 is 0.962 bits per heavy atom. The van der Waals surface area contributed by atoms with Gasteiger partial charge in [0.15, 0.2) is 6.61 Å². The van der Waals surface area contributed by atoms with Gasteiger partial charge in [0.1, 0.15) is 17.3 Å². The number of carbonyl (C=O) groups excluding carboxylic acids is 1. The molecule has 1 amide bonds. The van der Waals surface area contributed by atoms with Gasteiger partial charge in [-0.15, -0.1) is 0 Å². The van der Waals surface area contributed by atoms with E-state index in [1.54, 1.807) is 29.2 Å². The normalized spacial score (nSPS) is 14.2. The first-order valence-electron chi connectivity index (χ1n) is 8.80. The second-order valence-electron chi connectivity index (χ2n) is 6.01. The molecule has 0 bridgehead atoms. The van der Waals surface area contributed by atoms with E-state index in [1.807, 2.05) is 30.0 Å². The van der Waals surface area contributed by atoms with E-state index in [1.165, 1.54) is 6.07 Å². The first kappa shape index (κ1) is 18.0. The van der Waals surface area contributed by atoms with Crippen LogP contribution in [0.2, 0.25) is 0 Å². The summed E-state index contributed by atoms with van der Waals surface area (Å²) in [7, 11) is 0. The summed E-state index contributed by atoms with van der Waals surface area (Å²) < 4.78 is 24.8. The maximum atomic E-state index is 13.9. The smallest absolute Gasteiger partial charge is 0.260 e. The Bertz CT molecular complexity index is 728. The summed E-state index contributed by atoms with van der Waals surface area (Å²) >= 11 is 0. The third-order valence-electron chi connectivity index (χ3n) is 4.32. The van der Waals surface area contributed by atoms with Gasteiger partial charge >= 0.3 is 0 Å². The number of rotatable bonds is 6. The Kier molecular flexibility index (Phi) is 5.94. The van der Waals surface area contributed by atoms with Gasteiger partial charge in [0.25, 0.3) is 5.91 Å². The highest BCUT2D eigenvalue weighted by molar-refractivity contribution is 5.78. The number of carbonyl (C=O) groups is 1. The third kappa shape index (κ3) is 4.45. The van der Waals surface area contributed by atoms with Crippen LogP contribution in [0.15, 0.2) is 48.5 Å². The molecule has 26 heavy (non-hydrogen) atoms. The zero-order valence-electron chi connectivity index (χ0n) is 14.9. The number of amides is 1. The van der Waals surface area contributed by atoms with Gasteiger partial charge in [0.05, 0.1) is 12.3 Å². The minimum atomic E-state index is -0.230. The SMILES string of the molecule is CCOc1ccc(OCC(=O)N2CCN(c3ccccc3F)CC2)cc1. The predicted octanol–water partition coefficient (Wildman–Crippen LogP) is 2.95. The molecule has 0 unspecified atom stereocenters. The quantitative estimate of drug-likeness (QED) is 0.796. The Morgan fingerprint density at radius 2 is 1.58 bits per heavy atom. The average molecular weight is 358 g/mol. The predicted molar refractivity (Wildman–Crippen MR) is 98.3 cm³/mol. The van der Waals surface area contributed by atoms with Crippen molar-refractivity contribution in [3.05, 3.63) is 54.3 Å². The van der Waals surface area contributed by atoms with E-state index in [2.05, 4.69) is 0 Å². The molecule has 2 aromatic carbocycles. The van der Waals surface area contributed by atoms with Crippen molar-refractivity contribution in [2.24, 2.45) is 0 Å². The maximum absolute atomic E-state index is 13.9. The van der Waals surface area contributed by atoms with Crippen molar-refractivity contribution in [2.75, 3.05) is 44.3 Å². The summed E-state index contributed by atoms with van der Waals surface area (Å²) in [5, 5.41) is 0. The van der Waals surface area contributed by atoms with Crippen molar-refractivity contribution in [2.45, 2.75) is 6.92 Å². The van der Waals surface area contributed by atoms with Gasteiger partial charge in [0.2, 0.25) is 0 Å². The molecule has 3 rings (SSSR count). The van der Waals surface area contributed by atoms with Gasteiger partial charge in [-0.1, -0.05) is 12.1 Å². The van der Waals surface area contributed by atoms with Crippen LogP contribution in [-0.4, -0.2) is 50.2 Å². The molecule has 1 heterocycles. The number of anilines is 1. The summed E-state index contributed by atoms with van der Waals surface area (Å²) in [6, 6.07) is 13.9. The monoisotopic (exact) mass is 358 g/mol. The molecule has 2 aromatic rings. The molecule has 6 heteroatoms. The molecule has 0 radical (unpaired) electrons. The molecule has 0 atom stereocenters. The molecule has 5 nitrogen and oxygen atoms in total. The Hall–Kier alpha value is -2.76. The topological polar surface area (TPSA) is 42.0 Å². The molecule has 1 saturated heterocycles. The molecular weight excluding hydrogens is 335 g/mol. The number of benzene rings is 2. The van der Waals surface area contributed by atoms with E-state index in [4.69, 9.17) is 9.47 Å². The van der Waals surface area contributed by atoms with Crippen molar-refractivity contribution < 1.29 is 18.7 Å². The highest BCUT2D eigenvalue weighted by Crippen LogP contribution is 2.20. The lowest BCUT2D eigenvalue weighted by Gasteiger charge is -2.36. The number of ether oxygens (including phenoxy) is 2. The second-order valence-corrected chi connectivity index (χ2v) is 6.01. The summed E-state index contributed by atoms with van der Waals surface area (Å²) in [6.07, 6.45) is 0. The van der Waals surface area contributed by atoms with Crippen molar-refractivity contribution in [3.8, 4) is 11.5 Å². The Morgan fingerprint density at radius 3 is 2.19 bits per heavy atom. The van der Waals surface area contributed by atoms with Gasteiger partial charge in [0, 0.05) is 26.2 Å². The molecule has 0 aromatic heterocycles. The molecule has 1 fully saturated rings. The van der Waals surface area contributed by atoms with Gasteiger partial charge in [-0.3, -0.25) is 4.79 Å². The standard InChI is InChI=1S/C20H23FN2O3/c1-2-25-16-7-9-17(10-8-16)26-15-20(24)23-13-11-22(12-14-23)19-6-4-3-5-18(19)21/h3-10H,2,11-15H2,1H3. The lowest BCUT2D eigenvalue weighted by atomic mass is 10.2. The molecule has 1 aliphatic heterocycles. The molecule has 1 aliphatic rings. The fourth-order valence-electron chi connectivity index (χ4n) is 2.94. The zero-order chi connectivity index (χ0) is 18.4. The average Bonchev–Trinajstić information content (AvgIpc) is 2.68. The van der Waals surface area contributed by atoms with Crippen molar-refractivity contribution >= 4 is 11.6 Å². The van der Waals surface area contributed by atoms with Crippen molar-refractivity contribution in [3.63, 3.8) is 0 Å². The first-order chi connectivity index (χ1) is 12.7. The summed E-state index contributed by atoms with van der Waals surface area (Å²) in [4.78, 5) is 16.1. The molecule has 0 aliphatic carbocycles.